The van der Waals surface area contributed by atoms with E-state index in [2.05, 4.69) is 62.3 Å². The van der Waals surface area contributed by atoms with Crippen LogP contribution in [0.25, 0.3) is 5.57 Å². The Balaban J connectivity index is 1.58. The average molecular weight is 462 g/mol. The topological polar surface area (TPSA) is 32.7 Å². The molecular weight excluding hydrogens is 418 g/mol. The highest BCUT2D eigenvalue weighted by atomic mass is 16.5. The van der Waals surface area contributed by atoms with Crippen LogP contribution in [0.5, 0.6) is 11.5 Å². The fourth-order valence-corrected chi connectivity index (χ4v) is 6.31. The van der Waals surface area contributed by atoms with Gasteiger partial charge in [-0.2, -0.15) is 0 Å². The number of nitrogens with zero attached hydrogens (tertiary/aromatic N) is 1. The highest BCUT2D eigenvalue weighted by Crippen LogP contribution is 2.47. The molecule has 34 heavy (non-hydrogen) atoms. The van der Waals surface area contributed by atoms with Gasteiger partial charge in [0.25, 0.3) is 0 Å². The van der Waals surface area contributed by atoms with Gasteiger partial charge in [-0.3, -0.25) is 0 Å². The molecule has 0 saturated heterocycles. The normalized spacial score (nSPS) is 21.8. The zero-order valence-electron chi connectivity index (χ0n) is 21.4. The fraction of sp³-hybridized carbons (Fsp3) is 0.548. The number of hydrogen-bond donors (Lipinski definition) is 1. The number of hydrogen-bond acceptors (Lipinski definition) is 3. The summed E-state index contributed by atoms with van der Waals surface area (Å²) in [4.78, 5) is 2.19. The highest BCUT2D eigenvalue weighted by molar-refractivity contribution is 5.82. The molecule has 0 heterocycles. The van der Waals surface area contributed by atoms with Crippen LogP contribution in [0.1, 0.15) is 75.8 Å². The third-order valence-electron chi connectivity index (χ3n) is 8.05. The monoisotopic (exact) mass is 461 g/mol. The van der Waals surface area contributed by atoms with E-state index in [1.54, 1.807) is 5.57 Å². The third kappa shape index (κ3) is 6.24. The molecule has 184 valence electrons. The van der Waals surface area contributed by atoms with Crippen LogP contribution in [0.3, 0.4) is 0 Å². The van der Waals surface area contributed by atoms with Crippen molar-refractivity contribution in [3.8, 4) is 11.5 Å². The van der Waals surface area contributed by atoms with Crippen molar-refractivity contribution in [1.29, 1.82) is 0 Å². The SMILES string of the molecule is CC/C(=C(\c1ccc(O)cc1)c1ccc(OCCCN(C)C)cc1)C1CCC(C2CCCC2)C1. The van der Waals surface area contributed by atoms with Crippen molar-refractivity contribution < 1.29 is 9.84 Å². The lowest BCUT2D eigenvalue weighted by atomic mass is 9.82. The number of aromatic hydroxyl groups is 1. The van der Waals surface area contributed by atoms with E-state index in [1.165, 1.54) is 61.6 Å². The summed E-state index contributed by atoms with van der Waals surface area (Å²) in [6, 6.07) is 16.5. The van der Waals surface area contributed by atoms with Gasteiger partial charge in [-0.1, -0.05) is 62.4 Å². The van der Waals surface area contributed by atoms with E-state index < -0.39 is 0 Å². The van der Waals surface area contributed by atoms with Crippen molar-refractivity contribution in [1.82, 2.24) is 4.90 Å². The molecule has 2 saturated carbocycles. The van der Waals surface area contributed by atoms with Crippen LogP contribution >= 0.6 is 0 Å². The average Bonchev–Trinajstić information content (AvgIpc) is 3.54. The Morgan fingerprint density at radius 1 is 0.882 bits per heavy atom. The number of benzene rings is 2. The summed E-state index contributed by atoms with van der Waals surface area (Å²) in [5.74, 6) is 3.80. The van der Waals surface area contributed by atoms with Crippen molar-refractivity contribution >= 4 is 5.57 Å². The van der Waals surface area contributed by atoms with Gasteiger partial charge in [0.15, 0.2) is 0 Å². The maximum absolute atomic E-state index is 9.91. The molecule has 0 spiro atoms. The fourth-order valence-electron chi connectivity index (χ4n) is 6.31. The van der Waals surface area contributed by atoms with E-state index in [0.29, 0.717) is 11.7 Å². The second-order valence-electron chi connectivity index (χ2n) is 10.6. The van der Waals surface area contributed by atoms with Crippen LogP contribution in [0, 0.1) is 17.8 Å². The summed E-state index contributed by atoms with van der Waals surface area (Å²) in [7, 11) is 4.19. The Hall–Kier alpha value is -2.26. The summed E-state index contributed by atoms with van der Waals surface area (Å²) in [5.41, 5.74) is 5.41. The molecule has 2 unspecified atom stereocenters. The maximum atomic E-state index is 9.91. The van der Waals surface area contributed by atoms with Crippen molar-refractivity contribution in [3.05, 3.63) is 65.2 Å². The second kappa shape index (κ2) is 11.9. The molecular formula is C31H43NO2. The van der Waals surface area contributed by atoms with Gasteiger partial charge < -0.3 is 14.7 Å². The number of phenolic OH excluding ortho intramolecular Hbond substituents is 1. The number of allylic oxidation sites excluding steroid dienone is 1. The largest absolute Gasteiger partial charge is 0.508 e. The van der Waals surface area contributed by atoms with Crippen LogP contribution in [0.4, 0.5) is 0 Å². The van der Waals surface area contributed by atoms with Gasteiger partial charge in [0.2, 0.25) is 0 Å². The quantitative estimate of drug-likeness (QED) is 0.371. The minimum absolute atomic E-state index is 0.324. The van der Waals surface area contributed by atoms with Crippen molar-refractivity contribution in [2.24, 2.45) is 17.8 Å². The molecule has 4 rings (SSSR count). The molecule has 3 heteroatoms. The molecule has 2 fully saturated rings. The molecule has 0 aromatic heterocycles. The number of phenols is 1. The van der Waals surface area contributed by atoms with Gasteiger partial charge in [0, 0.05) is 6.54 Å². The first-order valence-electron chi connectivity index (χ1n) is 13.5. The van der Waals surface area contributed by atoms with Gasteiger partial charge in [-0.05, 0) is 105 Å². The van der Waals surface area contributed by atoms with E-state index in [-0.39, 0.29) is 0 Å². The molecule has 3 nitrogen and oxygen atoms in total. The number of ether oxygens (including phenoxy) is 1. The van der Waals surface area contributed by atoms with Crippen molar-refractivity contribution in [3.63, 3.8) is 0 Å². The smallest absolute Gasteiger partial charge is 0.119 e. The van der Waals surface area contributed by atoms with Crippen molar-refractivity contribution in [2.75, 3.05) is 27.2 Å². The predicted octanol–water partition coefficient (Wildman–Crippen LogP) is 7.54. The molecule has 1 N–H and O–H groups in total. The van der Waals surface area contributed by atoms with Gasteiger partial charge in [0.1, 0.15) is 11.5 Å². The Kier molecular flexibility index (Phi) is 8.72. The van der Waals surface area contributed by atoms with Crippen LogP contribution in [0.15, 0.2) is 54.1 Å². The first-order chi connectivity index (χ1) is 16.5. The standard InChI is InChI=1S/C31H43NO2/c1-4-30(27-11-10-26(22-27)23-8-5-6-9-23)31(24-12-16-28(33)17-13-24)25-14-18-29(19-15-25)34-21-7-20-32(2)3/h12-19,23,26-27,33H,4-11,20-22H2,1-3H3/b31-30-. The van der Waals surface area contributed by atoms with E-state index in [4.69, 9.17) is 4.74 Å². The van der Waals surface area contributed by atoms with E-state index in [1.807, 2.05) is 12.1 Å². The van der Waals surface area contributed by atoms with Crippen LogP contribution in [0.2, 0.25) is 0 Å². The lowest BCUT2D eigenvalue weighted by Gasteiger charge is -2.23. The van der Waals surface area contributed by atoms with Gasteiger partial charge in [-0.25, -0.2) is 0 Å². The van der Waals surface area contributed by atoms with Gasteiger partial charge >= 0.3 is 0 Å². The molecule has 2 aliphatic rings. The molecule has 0 aliphatic heterocycles. The first-order valence-corrected chi connectivity index (χ1v) is 13.5. The Morgan fingerprint density at radius 2 is 1.53 bits per heavy atom. The van der Waals surface area contributed by atoms with Crippen LogP contribution in [-0.2, 0) is 0 Å². The van der Waals surface area contributed by atoms with Crippen LogP contribution in [-0.4, -0.2) is 37.3 Å². The molecule has 0 radical (unpaired) electrons. The van der Waals surface area contributed by atoms with E-state index in [0.717, 1.165) is 43.6 Å². The van der Waals surface area contributed by atoms with E-state index in [9.17, 15) is 5.11 Å². The predicted molar refractivity (Wildman–Crippen MR) is 142 cm³/mol. The van der Waals surface area contributed by atoms with Crippen LogP contribution < -0.4 is 4.74 Å². The minimum atomic E-state index is 0.324. The lowest BCUT2D eigenvalue weighted by Crippen LogP contribution is -2.15. The molecule has 2 aromatic rings. The Labute approximate surface area is 206 Å². The zero-order chi connectivity index (χ0) is 23.9. The second-order valence-corrected chi connectivity index (χ2v) is 10.6. The van der Waals surface area contributed by atoms with Gasteiger partial charge in [0.05, 0.1) is 6.61 Å². The minimum Gasteiger partial charge on any atom is -0.508 e. The van der Waals surface area contributed by atoms with Crippen molar-refractivity contribution in [2.45, 2.75) is 64.7 Å². The summed E-state index contributed by atoms with van der Waals surface area (Å²) in [6.07, 6.45) is 11.9. The summed E-state index contributed by atoms with van der Waals surface area (Å²) < 4.78 is 5.99. The molecule has 2 aromatic carbocycles. The number of rotatable bonds is 10. The van der Waals surface area contributed by atoms with Gasteiger partial charge in [-0.15, -0.1) is 0 Å². The summed E-state index contributed by atoms with van der Waals surface area (Å²) in [6.45, 7) is 4.10. The Morgan fingerprint density at radius 3 is 2.15 bits per heavy atom. The molecule has 2 aliphatic carbocycles. The summed E-state index contributed by atoms with van der Waals surface area (Å²) in [5, 5.41) is 9.91. The highest BCUT2D eigenvalue weighted by Gasteiger charge is 2.34. The first kappa shape index (κ1) is 24.9. The zero-order valence-corrected chi connectivity index (χ0v) is 21.4. The maximum Gasteiger partial charge on any atom is 0.119 e. The molecule has 0 amide bonds. The Bertz CT molecular complexity index is 923. The molecule has 0 bridgehead atoms. The third-order valence-corrected chi connectivity index (χ3v) is 8.05. The summed E-state index contributed by atoms with van der Waals surface area (Å²) >= 11 is 0. The van der Waals surface area contributed by atoms with E-state index >= 15 is 0 Å². The lowest BCUT2D eigenvalue weighted by molar-refractivity contribution is 0.281. The molecule has 2 atom stereocenters.